The molecule has 0 amide bonds. The largest absolute Gasteiger partial charge is 0.507 e. The number of ketones is 1. The molecule has 0 saturated heterocycles. The standard InChI is InChI=1S/C35H32O8/c1-42-29-18-22(14-17-26(29)37)12-15-24(19-25(36)16-13-21-8-4-2-5-9-21)30-27(38)20-28(39)31-32(40)33(41)34(43-35(30)31)23-10-6-3-7-11-23/h2-11,14,17-18,20,24,37-39,41H,12-13,15-16,19H2,1H3/t24-/m1/s1. The first-order valence-electron chi connectivity index (χ1n) is 14.0. The van der Waals surface area contributed by atoms with Crippen molar-refractivity contribution < 1.29 is 34.4 Å². The van der Waals surface area contributed by atoms with Crippen LogP contribution in [0.15, 0.2) is 94.1 Å². The molecule has 220 valence electrons. The molecule has 0 radical (unpaired) electrons. The second-order valence-electron chi connectivity index (χ2n) is 10.5. The first-order chi connectivity index (χ1) is 20.8. The first-order valence-corrected chi connectivity index (χ1v) is 14.0. The minimum atomic E-state index is -0.851. The smallest absolute Gasteiger partial charge is 0.238 e. The minimum Gasteiger partial charge on any atom is -0.507 e. The van der Waals surface area contributed by atoms with Crippen LogP contribution in [0.25, 0.3) is 22.3 Å². The average molecular weight is 581 g/mol. The van der Waals surface area contributed by atoms with Crippen LogP contribution < -0.4 is 10.2 Å². The van der Waals surface area contributed by atoms with E-state index in [9.17, 15) is 30.0 Å². The number of hydrogen-bond acceptors (Lipinski definition) is 8. The molecule has 0 bridgehead atoms. The number of phenolic OH excluding ortho intramolecular Hbond substituents is 3. The Kier molecular flexibility index (Phi) is 8.66. The number of aromatic hydroxyl groups is 4. The Morgan fingerprint density at radius 2 is 1.51 bits per heavy atom. The second-order valence-corrected chi connectivity index (χ2v) is 10.5. The van der Waals surface area contributed by atoms with Gasteiger partial charge in [0.25, 0.3) is 0 Å². The molecule has 4 N–H and O–H groups in total. The molecule has 0 spiro atoms. The Morgan fingerprint density at radius 1 is 0.814 bits per heavy atom. The lowest BCUT2D eigenvalue weighted by molar-refractivity contribution is -0.119. The summed E-state index contributed by atoms with van der Waals surface area (Å²) in [4.78, 5) is 26.7. The summed E-state index contributed by atoms with van der Waals surface area (Å²) >= 11 is 0. The van der Waals surface area contributed by atoms with Gasteiger partial charge in [0, 0.05) is 30.0 Å². The van der Waals surface area contributed by atoms with E-state index in [4.69, 9.17) is 9.15 Å². The molecule has 1 aromatic heterocycles. The number of Topliss-reactive ketones (excluding diaryl/α,β-unsaturated/α-hetero) is 1. The SMILES string of the molecule is COc1cc(CC[C@H](CC(=O)CCc2ccccc2)c2c(O)cc(O)c3c(=O)c(O)c(-c4ccccc4)oc23)ccc1O. The van der Waals surface area contributed by atoms with Crippen molar-refractivity contribution in [2.45, 2.75) is 38.0 Å². The normalized spacial score (nSPS) is 11.8. The summed E-state index contributed by atoms with van der Waals surface area (Å²) in [5.41, 5.74) is 1.53. The number of carbonyl (C=O) groups is 1. The van der Waals surface area contributed by atoms with Crippen molar-refractivity contribution in [3.8, 4) is 40.1 Å². The zero-order valence-electron chi connectivity index (χ0n) is 23.6. The van der Waals surface area contributed by atoms with Crippen LogP contribution in [-0.4, -0.2) is 33.3 Å². The Hall–Kier alpha value is -5.24. The number of methoxy groups -OCH3 is 1. The summed E-state index contributed by atoms with van der Waals surface area (Å²) in [6.45, 7) is 0. The number of fused-ring (bicyclic) bond motifs is 1. The van der Waals surface area contributed by atoms with Crippen LogP contribution in [0, 0.1) is 0 Å². The molecule has 0 aliphatic rings. The Bertz CT molecular complexity index is 1810. The van der Waals surface area contributed by atoms with Crippen molar-refractivity contribution in [2.75, 3.05) is 7.11 Å². The Balaban J connectivity index is 1.59. The number of hydrogen-bond donors (Lipinski definition) is 4. The molecule has 1 heterocycles. The van der Waals surface area contributed by atoms with Gasteiger partial charge in [-0.2, -0.15) is 0 Å². The number of ether oxygens (including phenoxy) is 1. The maximum atomic E-state index is 13.4. The van der Waals surface area contributed by atoms with E-state index in [0.717, 1.165) is 17.2 Å². The van der Waals surface area contributed by atoms with Gasteiger partial charge in [-0.3, -0.25) is 9.59 Å². The van der Waals surface area contributed by atoms with Crippen molar-refractivity contribution in [1.29, 1.82) is 0 Å². The fraction of sp³-hybridized carbons (Fsp3) is 0.200. The second kappa shape index (κ2) is 12.7. The number of phenols is 3. The maximum Gasteiger partial charge on any atom is 0.238 e. The summed E-state index contributed by atoms with van der Waals surface area (Å²) in [5, 5.41) is 42.3. The molecule has 4 aromatic carbocycles. The molecule has 0 fully saturated rings. The van der Waals surface area contributed by atoms with Crippen LogP contribution in [0.2, 0.25) is 0 Å². The lowest BCUT2D eigenvalue weighted by Gasteiger charge is -2.21. The monoisotopic (exact) mass is 580 g/mol. The van der Waals surface area contributed by atoms with E-state index in [-0.39, 0.29) is 52.4 Å². The van der Waals surface area contributed by atoms with E-state index >= 15 is 0 Å². The van der Waals surface area contributed by atoms with Gasteiger partial charge in [0.05, 0.1) is 7.11 Å². The van der Waals surface area contributed by atoms with Gasteiger partial charge in [0.2, 0.25) is 11.2 Å². The maximum absolute atomic E-state index is 13.4. The summed E-state index contributed by atoms with van der Waals surface area (Å²) in [6.07, 6.45) is 1.63. The zero-order valence-corrected chi connectivity index (χ0v) is 23.6. The molecule has 43 heavy (non-hydrogen) atoms. The topological polar surface area (TPSA) is 137 Å². The lowest BCUT2D eigenvalue weighted by Crippen LogP contribution is -2.12. The number of carbonyl (C=O) groups excluding carboxylic acids is 1. The lowest BCUT2D eigenvalue weighted by atomic mass is 9.85. The van der Waals surface area contributed by atoms with E-state index < -0.39 is 22.8 Å². The molecule has 0 unspecified atom stereocenters. The highest BCUT2D eigenvalue weighted by atomic mass is 16.5. The van der Waals surface area contributed by atoms with Crippen molar-refractivity contribution in [2.24, 2.45) is 0 Å². The summed E-state index contributed by atoms with van der Waals surface area (Å²) in [6, 6.07) is 24.2. The molecule has 5 rings (SSSR count). The average Bonchev–Trinajstić information content (AvgIpc) is 3.01. The molecule has 1 atom stereocenters. The number of aryl methyl sites for hydroxylation is 2. The first kappa shape index (κ1) is 29.3. The molecule has 5 aromatic rings. The molecule has 0 aliphatic carbocycles. The van der Waals surface area contributed by atoms with Gasteiger partial charge in [-0.25, -0.2) is 0 Å². The van der Waals surface area contributed by atoms with Crippen LogP contribution in [0.1, 0.15) is 41.9 Å². The summed E-state index contributed by atoms with van der Waals surface area (Å²) in [7, 11) is 1.45. The fourth-order valence-corrected chi connectivity index (χ4v) is 5.40. The number of rotatable bonds is 11. The predicted octanol–water partition coefficient (Wildman–Crippen LogP) is 6.60. The van der Waals surface area contributed by atoms with Crippen molar-refractivity contribution in [3.63, 3.8) is 0 Å². The van der Waals surface area contributed by atoms with Crippen molar-refractivity contribution >= 4 is 16.8 Å². The van der Waals surface area contributed by atoms with E-state index in [1.165, 1.54) is 13.2 Å². The van der Waals surface area contributed by atoms with E-state index in [2.05, 4.69) is 0 Å². The zero-order chi connectivity index (χ0) is 30.5. The highest BCUT2D eigenvalue weighted by Crippen LogP contribution is 2.44. The quantitative estimate of drug-likeness (QED) is 0.137. The van der Waals surface area contributed by atoms with Gasteiger partial charge < -0.3 is 29.6 Å². The third kappa shape index (κ3) is 6.33. The highest BCUT2D eigenvalue weighted by molar-refractivity contribution is 5.92. The van der Waals surface area contributed by atoms with Crippen LogP contribution in [0.5, 0.6) is 28.7 Å². The molecule has 8 heteroatoms. The van der Waals surface area contributed by atoms with Crippen LogP contribution in [0.4, 0.5) is 0 Å². The van der Waals surface area contributed by atoms with Gasteiger partial charge in [-0.15, -0.1) is 0 Å². The van der Waals surface area contributed by atoms with Crippen molar-refractivity contribution in [3.05, 3.63) is 112 Å². The molecule has 0 saturated carbocycles. The summed E-state index contributed by atoms with van der Waals surface area (Å²) < 4.78 is 11.4. The van der Waals surface area contributed by atoms with Crippen molar-refractivity contribution in [1.82, 2.24) is 0 Å². The van der Waals surface area contributed by atoms with Gasteiger partial charge in [-0.05, 0) is 48.4 Å². The van der Waals surface area contributed by atoms with Gasteiger partial charge in [0.15, 0.2) is 17.3 Å². The molecular formula is C35H32O8. The molecule has 8 nitrogen and oxygen atoms in total. The Morgan fingerprint density at radius 3 is 2.21 bits per heavy atom. The minimum absolute atomic E-state index is 0.00362. The fourth-order valence-electron chi connectivity index (χ4n) is 5.40. The van der Waals surface area contributed by atoms with Crippen LogP contribution >= 0.6 is 0 Å². The number of benzene rings is 4. The third-order valence-corrected chi connectivity index (χ3v) is 7.62. The molecule has 0 aliphatic heterocycles. The Labute approximate surface area is 248 Å². The van der Waals surface area contributed by atoms with E-state index in [1.807, 2.05) is 30.3 Å². The highest BCUT2D eigenvalue weighted by Gasteiger charge is 2.28. The van der Waals surface area contributed by atoms with E-state index in [1.54, 1.807) is 42.5 Å². The van der Waals surface area contributed by atoms with Gasteiger partial charge in [0.1, 0.15) is 28.3 Å². The summed E-state index contributed by atoms with van der Waals surface area (Å²) in [5.74, 6) is -2.03. The van der Waals surface area contributed by atoms with Gasteiger partial charge in [-0.1, -0.05) is 66.7 Å². The third-order valence-electron chi connectivity index (χ3n) is 7.62. The van der Waals surface area contributed by atoms with Crippen LogP contribution in [-0.2, 0) is 17.6 Å². The predicted molar refractivity (Wildman–Crippen MR) is 163 cm³/mol. The van der Waals surface area contributed by atoms with Crippen LogP contribution in [0.3, 0.4) is 0 Å². The molecular weight excluding hydrogens is 548 g/mol. The van der Waals surface area contributed by atoms with Gasteiger partial charge >= 0.3 is 0 Å². The van der Waals surface area contributed by atoms with E-state index in [0.29, 0.717) is 30.6 Å².